The Bertz CT molecular complexity index is 2200. The minimum atomic E-state index is -0.281. The summed E-state index contributed by atoms with van der Waals surface area (Å²) < 4.78 is 47.9. The van der Waals surface area contributed by atoms with E-state index in [0.717, 1.165) is 49.8 Å². The van der Waals surface area contributed by atoms with E-state index in [4.69, 9.17) is 14.6 Å². The first kappa shape index (κ1) is 16.0. The van der Waals surface area contributed by atoms with E-state index < -0.39 is 0 Å². The number of rotatable bonds is 2. The van der Waals surface area contributed by atoms with Gasteiger partial charge in [0.25, 0.3) is 0 Å². The van der Waals surface area contributed by atoms with Crippen LogP contribution in [-0.2, 0) is 0 Å². The Labute approximate surface area is 213 Å². The van der Waals surface area contributed by atoms with E-state index in [1.165, 1.54) is 0 Å². The number of benzene rings is 6. The van der Waals surface area contributed by atoms with Crippen LogP contribution >= 0.6 is 0 Å². The predicted octanol–water partition coefficient (Wildman–Crippen LogP) is 9.85. The minimum absolute atomic E-state index is 0.0954. The second-order valence-electron chi connectivity index (χ2n) is 8.97. The lowest BCUT2D eigenvalue weighted by Gasteiger charge is -2.23. The summed E-state index contributed by atoms with van der Waals surface area (Å²) in [5.41, 5.74) is 5.50. The maximum absolute atomic E-state index is 9.08. The van der Waals surface area contributed by atoms with Crippen LogP contribution in [0.25, 0.3) is 66.1 Å². The summed E-state index contributed by atoms with van der Waals surface area (Å²) in [6, 6.07) is 30.5. The molecular formula is C34H20O2. The molecule has 1 aromatic heterocycles. The van der Waals surface area contributed by atoms with Crippen molar-refractivity contribution in [2.24, 2.45) is 0 Å². The topological polar surface area (TPSA) is 22.4 Å². The molecule has 36 heavy (non-hydrogen) atoms. The van der Waals surface area contributed by atoms with Gasteiger partial charge in [-0.25, -0.2) is 0 Å². The molecule has 0 saturated heterocycles. The van der Waals surface area contributed by atoms with Crippen LogP contribution in [0.5, 0.6) is 11.5 Å². The Morgan fingerprint density at radius 1 is 0.472 bits per heavy atom. The molecule has 0 amide bonds. The summed E-state index contributed by atoms with van der Waals surface area (Å²) in [6.07, 6.45) is 0. The fourth-order valence-corrected chi connectivity index (χ4v) is 5.46. The number of ether oxygens (including phenoxy) is 1. The molecule has 0 unspecified atom stereocenters. The highest BCUT2D eigenvalue weighted by Crippen LogP contribution is 2.49. The third-order valence-electron chi connectivity index (χ3n) is 7.03. The lowest BCUT2D eigenvalue weighted by molar-refractivity contribution is 0.487. The van der Waals surface area contributed by atoms with Crippen LogP contribution in [-0.4, -0.2) is 0 Å². The first-order chi connectivity index (χ1) is 19.5. The monoisotopic (exact) mass is 464 g/mol. The zero-order valence-electron chi connectivity index (χ0n) is 23.1. The maximum Gasteiger partial charge on any atom is 0.143 e. The van der Waals surface area contributed by atoms with Gasteiger partial charge in [-0.05, 0) is 45.8 Å². The van der Waals surface area contributed by atoms with Crippen molar-refractivity contribution in [3.63, 3.8) is 0 Å². The van der Waals surface area contributed by atoms with Crippen molar-refractivity contribution in [1.29, 1.82) is 0 Å². The molecule has 1 aliphatic rings. The van der Waals surface area contributed by atoms with Crippen molar-refractivity contribution in [1.82, 2.24) is 0 Å². The fourth-order valence-electron chi connectivity index (χ4n) is 5.46. The summed E-state index contributed by atoms with van der Waals surface area (Å²) in [4.78, 5) is 0. The molecule has 0 N–H and O–H groups in total. The molecule has 1 aliphatic heterocycles. The average molecular weight is 465 g/mol. The summed E-state index contributed by atoms with van der Waals surface area (Å²) in [6.45, 7) is 0. The molecule has 0 aliphatic carbocycles. The third-order valence-corrected chi connectivity index (χ3v) is 7.03. The van der Waals surface area contributed by atoms with Crippen molar-refractivity contribution in [2.45, 2.75) is 0 Å². The molecule has 8 rings (SSSR count). The van der Waals surface area contributed by atoms with Crippen molar-refractivity contribution < 1.29 is 14.6 Å². The first-order valence-electron chi connectivity index (χ1n) is 13.9. The van der Waals surface area contributed by atoms with Gasteiger partial charge in [-0.1, -0.05) is 103 Å². The molecule has 6 aromatic carbocycles. The lowest BCUT2D eigenvalue weighted by Crippen LogP contribution is -1.98. The highest BCUT2D eigenvalue weighted by Gasteiger charge is 2.22. The molecule has 0 fully saturated rings. The van der Waals surface area contributed by atoms with Gasteiger partial charge >= 0.3 is 0 Å². The number of para-hydroxylation sites is 3. The van der Waals surface area contributed by atoms with Crippen LogP contribution in [0.4, 0.5) is 0 Å². The Morgan fingerprint density at radius 2 is 1.17 bits per heavy atom. The minimum Gasteiger partial charge on any atom is -0.456 e. The Hall–Kier alpha value is -4.82. The fraction of sp³-hybridized carbons (Fsp3) is 0. The summed E-state index contributed by atoms with van der Waals surface area (Å²) in [5.74, 6) is 1.50. The molecule has 0 atom stereocenters. The molecule has 2 nitrogen and oxygen atoms in total. The Balaban J connectivity index is 1.50. The molecule has 2 heteroatoms. The molecule has 7 aromatic rings. The summed E-state index contributed by atoms with van der Waals surface area (Å²) in [7, 11) is 0. The number of fused-ring (bicyclic) bond motifs is 5. The second-order valence-corrected chi connectivity index (χ2v) is 8.97. The van der Waals surface area contributed by atoms with E-state index in [9.17, 15) is 0 Å². The van der Waals surface area contributed by atoms with Gasteiger partial charge < -0.3 is 9.15 Å². The van der Waals surface area contributed by atoms with Gasteiger partial charge in [-0.2, -0.15) is 0 Å². The van der Waals surface area contributed by atoms with Crippen molar-refractivity contribution in [3.8, 4) is 44.9 Å². The predicted molar refractivity (Wildman–Crippen MR) is 148 cm³/mol. The van der Waals surface area contributed by atoms with Gasteiger partial charge in [-0.15, -0.1) is 0 Å². The van der Waals surface area contributed by atoms with E-state index in [-0.39, 0.29) is 24.2 Å². The zero-order valence-corrected chi connectivity index (χ0v) is 19.1. The van der Waals surface area contributed by atoms with E-state index in [1.807, 2.05) is 91.0 Å². The second kappa shape index (κ2) is 7.34. The van der Waals surface area contributed by atoms with Gasteiger partial charge in [0, 0.05) is 27.3 Å². The van der Waals surface area contributed by atoms with Crippen molar-refractivity contribution >= 4 is 32.7 Å². The molecule has 2 heterocycles. The van der Waals surface area contributed by atoms with E-state index >= 15 is 0 Å². The van der Waals surface area contributed by atoms with Gasteiger partial charge in [0.1, 0.15) is 22.7 Å². The average Bonchev–Trinajstić information content (AvgIpc) is 3.38. The van der Waals surface area contributed by atoms with Gasteiger partial charge in [-0.3, -0.25) is 0 Å². The Kier molecular flexibility index (Phi) is 3.25. The number of hydrogen-bond acceptors (Lipinski definition) is 2. The van der Waals surface area contributed by atoms with E-state index in [2.05, 4.69) is 6.07 Å². The highest BCUT2D eigenvalue weighted by atomic mass is 16.5. The SMILES string of the molecule is [2H]c1c([2H])c([2H])c(-c2cccc3c2oc2ccccc23)c(-c2ccc3c4c(cccc24)-c2ccccc2O3)c1[2H]. The first-order valence-corrected chi connectivity index (χ1v) is 11.9. The van der Waals surface area contributed by atoms with Crippen LogP contribution in [0.2, 0.25) is 0 Å². The van der Waals surface area contributed by atoms with Crippen LogP contribution in [0.3, 0.4) is 0 Å². The Morgan fingerprint density at radius 3 is 2.08 bits per heavy atom. The quantitative estimate of drug-likeness (QED) is 0.254. The summed E-state index contributed by atoms with van der Waals surface area (Å²) in [5, 5.41) is 3.62. The molecule has 0 saturated carbocycles. The van der Waals surface area contributed by atoms with Crippen molar-refractivity contribution in [3.05, 3.63) is 121 Å². The van der Waals surface area contributed by atoms with E-state index in [0.29, 0.717) is 27.8 Å². The molecule has 168 valence electrons. The largest absolute Gasteiger partial charge is 0.456 e. The molecular weight excluding hydrogens is 440 g/mol. The number of hydrogen-bond donors (Lipinski definition) is 0. The third kappa shape index (κ3) is 2.67. The number of furan rings is 1. The standard InChI is InChI=1S/C34H20O2/c1-2-10-22(28-15-8-16-29-25-12-4-6-18-31(25)36-34(28)29)21(9-1)23-19-20-32-33-26(23)13-7-14-27(33)24-11-3-5-17-30(24)35-32/h1-20H/i1D,2D,9D,10D. The molecule has 0 bridgehead atoms. The van der Waals surface area contributed by atoms with Crippen LogP contribution < -0.4 is 4.74 Å². The van der Waals surface area contributed by atoms with Crippen LogP contribution in [0, 0.1) is 0 Å². The zero-order chi connectivity index (χ0) is 27.1. The normalized spacial score (nSPS) is 13.7. The van der Waals surface area contributed by atoms with Gasteiger partial charge in [0.15, 0.2) is 0 Å². The van der Waals surface area contributed by atoms with Gasteiger partial charge in [0.05, 0.1) is 5.48 Å². The van der Waals surface area contributed by atoms with E-state index in [1.54, 1.807) is 0 Å². The molecule has 0 radical (unpaired) electrons. The maximum atomic E-state index is 9.08. The van der Waals surface area contributed by atoms with Crippen LogP contribution in [0.15, 0.2) is 126 Å². The summed E-state index contributed by atoms with van der Waals surface area (Å²) >= 11 is 0. The van der Waals surface area contributed by atoms with Crippen molar-refractivity contribution in [2.75, 3.05) is 0 Å². The lowest BCUT2D eigenvalue weighted by atomic mass is 9.87. The van der Waals surface area contributed by atoms with Gasteiger partial charge in [0.2, 0.25) is 0 Å². The molecule has 0 spiro atoms. The highest BCUT2D eigenvalue weighted by molar-refractivity contribution is 6.13. The smallest absolute Gasteiger partial charge is 0.143 e. The van der Waals surface area contributed by atoms with Crippen LogP contribution in [0.1, 0.15) is 5.48 Å².